The first-order chi connectivity index (χ1) is 8.34. The van der Waals surface area contributed by atoms with E-state index in [-0.39, 0.29) is 5.78 Å². The van der Waals surface area contributed by atoms with Gasteiger partial charge in [-0.3, -0.25) is 4.79 Å². The van der Waals surface area contributed by atoms with Crippen LogP contribution in [0.5, 0.6) is 0 Å². The number of rotatable bonds is 1. The van der Waals surface area contributed by atoms with E-state index in [1.165, 1.54) is 18.4 Å². The number of carbonyl (C=O) groups excluding carboxylic acids is 1. The number of ketones is 1. The van der Waals surface area contributed by atoms with Crippen molar-refractivity contribution in [2.24, 2.45) is 0 Å². The highest BCUT2D eigenvalue weighted by atomic mass is 16.1. The van der Waals surface area contributed by atoms with Gasteiger partial charge in [0.05, 0.1) is 0 Å². The predicted octanol–water partition coefficient (Wildman–Crippen LogP) is 3.78. The van der Waals surface area contributed by atoms with E-state index >= 15 is 0 Å². The molecule has 1 nitrogen and oxygen atoms in total. The van der Waals surface area contributed by atoms with Crippen LogP contribution >= 0.6 is 0 Å². The molecule has 82 valence electrons. The molecule has 0 saturated heterocycles. The zero-order valence-electron chi connectivity index (χ0n) is 9.44. The summed E-state index contributed by atoms with van der Waals surface area (Å²) in [5.74, 6) is 0.898. The molecule has 2 aliphatic carbocycles. The number of carbonyl (C=O) groups is 1. The third kappa shape index (κ3) is 1.22. The van der Waals surface area contributed by atoms with Gasteiger partial charge in [0.25, 0.3) is 0 Å². The summed E-state index contributed by atoms with van der Waals surface area (Å²) in [6.07, 6.45) is 2.56. The van der Waals surface area contributed by atoms with Crippen LogP contribution < -0.4 is 0 Å². The molecule has 2 aliphatic rings. The van der Waals surface area contributed by atoms with Gasteiger partial charge in [0, 0.05) is 11.1 Å². The first-order valence-electron chi connectivity index (χ1n) is 6.12. The lowest BCUT2D eigenvalue weighted by Crippen LogP contribution is -1.95. The summed E-state index contributed by atoms with van der Waals surface area (Å²) in [7, 11) is 0. The molecular formula is C16H12O. The third-order valence-corrected chi connectivity index (χ3v) is 3.80. The van der Waals surface area contributed by atoms with Crippen LogP contribution in [0.25, 0.3) is 11.1 Å². The predicted molar refractivity (Wildman–Crippen MR) is 67.3 cm³/mol. The Kier molecular flexibility index (Phi) is 1.66. The van der Waals surface area contributed by atoms with Crippen LogP contribution in [0.1, 0.15) is 40.2 Å². The lowest BCUT2D eigenvalue weighted by atomic mass is 10.0. The van der Waals surface area contributed by atoms with Crippen molar-refractivity contribution in [1.29, 1.82) is 0 Å². The molecule has 1 heteroatoms. The molecule has 0 heterocycles. The summed E-state index contributed by atoms with van der Waals surface area (Å²) in [5, 5.41) is 0. The normalized spacial score (nSPS) is 16.8. The average molecular weight is 220 g/mol. The molecule has 0 amide bonds. The highest BCUT2D eigenvalue weighted by Crippen LogP contribution is 2.43. The zero-order valence-corrected chi connectivity index (χ0v) is 9.44. The monoisotopic (exact) mass is 220 g/mol. The first-order valence-corrected chi connectivity index (χ1v) is 6.12. The third-order valence-electron chi connectivity index (χ3n) is 3.80. The van der Waals surface area contributed by atoms with Gasteiger partial charge < -0.3 is 0 Å². The Morgan fingerprint density at radius 2 is 1.53 bits per heavy atom. The molecular weight excluding hydrogens is 208 g/mol. The smallest absolute Gasteiger partial charge is 0.194 e. The maximum Gasteiger partial charge on any atom is 0.194 e. The van der Waals surface area contributed by atoms with E-state index in [9.17, 15) is 4.79 Å². The zero-order chi connectivity index (χ0) is 11.4. The molecule has 17 heavy (non-hydrogen) atoms. The largest absolute Gasteiger partial charge is 0.289 e. The van der Waals surface area contributed by atoms with Gasteiger partial charge in [-0.05, 0) is 41.5 Å². The molecule has 0 aliphatic heterocycles. The fourth-order valence-corrected chi connectivity index (χ4v) is 2.72. The second-order valence-electron chi connectivity index (χ2n) is 4.95. The molecule has 0 unspecified atom stereocenters. The van der Waals surface area contributed by atoms with Gasteiger partial charge >= 0.3 is 0 Å². The molecule has 0 spiro atoms. The summed E-state index contributed by atoms with van der Waals surface area (Å²) < 4.78 is 0. The minimum absolute atomic E-state index is 0.193. The van der Waals surface area contributed by atoms with Crippen LogP contribution in [0.3, 0.4) is 0 Å². The lowest BCUT2D eigenvalue weighted by molar-refractivity contribution is 0.104. The summed E-state index contributed by atoms with van der Waals surface area (Å²) >= 11 is 0. The van der Waals surface area contributed by atoms with E-state index in [1.54, 1.807) is 0 Å². The van der Waals surface area contributed by atoms with Crippen LogP contribution in [-0.2, 0) is 0 Å². The molecule has 2 aromatic rings. The van der Waals surface area contributed by atoms with Crippen LogP contribution in [0.4, 0.5) is 0 Å². The highest BCUT2D eigenvalue weighted by molar-refractivity contribution is 6.21. The van der Waals surface area contributed by atoms with Gasteiger partial charge in [-0.25, -0.2) is 0 Å². The fraction of sp³-hybridized carbons (Fsp3) is 0.188. The Balaban J connectivity index is 1.95. The van der Waals surface area contributed by atoms with E-state index < -0.39 is 0 Å². The lowest BCUT2D eigenvalue weighted by Gasteiger charge is -2.02. The van der Waals surface area contributed by atoms with Crippen molar-refractivity contribution in [3.63, 3.8) is 0 Å². The van der Waals surface area contributed by atoms with Crippen molar-refractivity contribution in [1.82, 2.24) is 0 Å². The van der Waals surface area contributed by atoms with E-state index in [0.29, 0.717) is 5.92 Å². The SMILES string of the molecule is O=C1c2ccccc2-c2ccc(C3CC3)cc21. The number of fused-ring (bicyclic) bond motifs is 3. The van der Waals surface area contributed by atoms with Gasteiger partial charge in [-0.1, -0.05) is 36.4 Å². The van der Waals surface area contributed by atoms with Crippen molar-refractivity contribution in [2.75, 3.05) is 0 Å². The number of hydrogen-bond acceptors (Lipinski definition) is 1. The Bertz CT molecular complexity index is 636. The number of benzene rings is 2. The Labute approximate surface area is 100 Å². The second-order valence-corrected chi connectivity index (χ2v) is 4.95. The first kappa shape index (κ1) is 9.17. The highest BCUT2D eigenvalue weighted by Gasteiger charge is 2.29. The van der Waals surface area contributed by atoms with Crippen molar-refractivity contribution in [2.45, 2.75) is 18.8 Å². The topological polar surface area (TPSA) is 17.1 Å². The van der Waals surface area contributed by atoms with Crippen LogP contribution in [0.2, 0.25) is 0 Å². The molecule has 0 radical (unpaired) electrons. The average Bonchev–Trinajstić information content (AvgIpc) is 3.18. The second kappa shape index (κ2) is 3.07. The molecule has 1 fully saturated rings. The van der Waals surface area contributed by atoms with E-state index in [0.717, 1.165) is 22.3 Å². The molecule has 0 atom stereocenters. The van der Waals surface area contributed by atoms with Crippen LogP contribution in [0, 0.1) is 0 Å². The Morgan fingerprint density at radius 1 is 0.824 bits per heavy atom. The van der Waals surface area contributed by atoms with Gasteiger partial charge in [0.1, 0.15) is 0 Å². The fourth-order valence-electron chi connectivity index (χ4n) is 2.72. The van der Waals surface area contributed by atoms with Gasteiger partial charge in [-0.15, -0.1) is 0 Å². The van der Waals surface area contributed by atoms with E-state index in [1.807, 2.05) is 24.3 Å². The molecule has 0 aromatic heterocycles. The molecule has 0 bridgehead atoms. The maximum atomic E-state index is 12.3. The van der Waals surface area contributed by atoms with Crippen molar-refractivity contribution < 1.29 is 4.79 Å². The summed E-state index contributed by atoms with van der Waals surface area (Å²) in [6, 6.07) is 14.3. The van der Waals surface area contributed by atoms with Gasteiger partial charge in [0.15, 0.2) is 5.78 Å². The van der Waals surface area contributed by atoms with E-state index in [2.05, 4.69) is 18.2 Å². The van der Waals surface area contributed by atoms with Crippen molar-refractivity contribution >= 4 is 5.78 Å². The van der Waals surface area contributed by atoms with Crippen LogP contribution in [-0.4, -0.2) is 5.78 Å². The minimum Gasteiger partial charge on any atom is -0.289 e. The Hall–Kier alpha value is -1.89. The summed E-state index contributed by atoms with van der Waals surface area (Å²) in [6.45, 7) is 0. The quantitative estimate of drug-likeness (QED) is 0.610. The molecule has 4 rings (SSSR count). The standard InChI is InChI=1S/C16H12O/c17-16-14-4-2-1-3-12(14)13-8-7-11(9-15(13)16)10-5-6-10/h1-4,7-10H,5-6H2. The van der Waals surface area contributed by atoms with Crippen molar-refractivity contribution in [3.8, 4) is 11.1 Å². The van der Waals surface area contributed by atoms with Gasteiger partial charge in [-0.2, -0.15) is 0 Å². The summed E-state index contributed by atoms with van der Waals surface area (Å²) in [4.78, 5) is 12.3. The minimum atomic E-state index is 0.193. The van der Waals surface area contributed by atoms with Crippen LogP contribution in [0.15, 0.2) is 42.5 Å². The number of hydrogen-bond donors (Lipinski definition) is 0. The van der Waals surface area contributed by atoms with Gasteiger partial charge in [0.2, 0.25) is 0 Å². The molecule has 0 N–H and O–H groups in total. The van der Waals surface area contributed by atoms with E-state index in [4.69, 9.17) is 0 Å². The maximum absolute atomic E-state index is 12.3. The summed E-state index contributed by atoms with van der Waals surface area (Å²) in [5.41, 5.74) is 5.29. The van der Waals surface area contributed by atoms with Crippen molar-refractivity contribution in [3.05, 3.63) is 59.2 Å². The molecule has 2 aromatic carbocycles. The Morgan fingerprint density at radius 3 is 2.29 bits per heavy atom. The molecule has 1 saturated carbocycles.